The van der Waals surface area contributed by atoms with Gasteiger partial charge < -0.3 is 0 Å². The van der Waals surface area contributed by atoms with E-state index in [2.05, 4.69) is 0 Å². The molecule has 0 aromatic heterocycles. The Hall–Kier alpha value is -0.700. The average Bonchev–Trinajstić information content (AvgIpc) is 1.99. The van der Waals surface area contributed by atoms with Crippen LogP contribution in [-0.2, 0) is 14.4 Å². The third-order valence-electron chi connectivity index (χ3n) is 2.40. The molecule has 0 saturated heterocycles. The largest absolute Gasteiger partial charge is 0.298 e. The molecule has 0 N–H and O–H groups in total. The van der Waals surface area contributed by atoms with Crippen molar-refractivity contribution in [3.05, 3.63) is 0 Å². The fourth-order valence-corrected chi connectivity index (χ4v) is 1.98. The Morgan fingerprint density at radius 2 is 1.79 bits per heavy atom. The minimum Gasteiger partial charge on any atom is -0.298 e. The van der Waals surface area contributed by atoms with Crippen LogP contribution in [0.1, 0.15) is 26.7 Å². The van der Waals surface area contributed by atoms with Crippen LogP contribution in [0.5, 0.6) is 0 Å². The van der Waals surface area contributed by atoms with Gasteiger partial charge in [-0.05, 0) is 5.41 Å². The summed E-state index contributed by atoms with van der Waals surface area (Å²) in [5.74, 6) is -2.37. The molecule has 0 aromatic carbocycles. The van der Waals surface area contributed by atoms with E-state index in [1.54, 1.807) is 0 Å². The molecule has 0 amide bonds. The summed E-state index contributed by atoms with van der Waals surface area (Å²) >= 11 is 5.33. The lowest BCUT2D eigenvalue weighted by molar-refractivity contribution is -0.144. The second-order valence-corrected chi connectivity index (χ2v) is 4.75. The Morgan fingerprint density at radius 1 is 1.36 bits per heavy atom. The molecule has 4 heteroatoms. The summed E-state index contributed by atoms with van der Waals surface area (Å²) in [6.45, 7) is 3.70. The Balaban J connectivity index is 2.87. The van der Waals surface area contributed by atoms with E-state index in [0.29, 0.717) is 0 Å². The minimum atomic E-state index is -1.08. The monoisotopic (exact) mass is 216 g/mol. The smallest absolute Gasteiger partial charge is 0.165 e. The van der Waals surface area contributed by atoms with Gasteiger partial charge in [0.2, 0.25) is 0 Å². The van der Waals surface area contributed by atoms with Gasteiger partial charge in [0.05, 0.1) is 5.88 Å². The van der Waals surface area contributed by atoms with Gasteiger partial charge in [0.1, 0.15) is 5.92 Å². The van der Waals surface area contributed by atoms with E-state index in [1.165, 1.54) is 0 Å². The normalized spacial score (nSPS) is 22.5. The number of hydrogen-bond acceptors (Lipinski definition) is 3. The molecule has 0 aromatic rings. The number of hydrogen-bond donors (Lipinski definition) is 0. The molecule has 0 atom stereocenters. The van der Waals surface area contributed by atoms with Crippen LogP contribution in [-0.4, -0.2) is 23.2 Å². The zero-order valence-electron chi connectivity index (χ0n) is 8.30. The second kappa shape index (κ2) is 3.81. The van der Waals surface area contributed by atoms with Crippen molar-refractivity contribution < 1.29 is 14.4 Å². The topological polar surface area (TPSA) is 51.2 Å². The van der Waals surface area contributed by atoms with E-state index in [1.807, 2.05) is 13.8 Å². The lowest BCUT2D eigenvalue weighted by Crippen LogP contribution is -2.42. The van der Waals surface area contributed by atoms with Gasteiger partial charge in [-0.3, -0.25) is 14.4 Å². The highest BCUT2D eigenvalue weighted by molar-refractivity contribution is 6.33. The zero-order valence-corrected chi connectivity index (χ0v) is 9.06. The van der Waals surface area contributed by atoms with Crippen molar-refractivity contribution in [1.29, 1.82) is 0 Å². The van der Waals surface area contributed by atoms with E-state index in [9.17, 15) is 14.4 Å². The predicted octanol–water partition coefficient (Wildman–Crippen LogP) is 1.37. The van der Waals surface area contributed by atoms with Crippen LogP contribution in [0.2, 0.25) is 0 Å². The van der Waals surface area contributed by atoms with Gasteiger partial charge in [-0.15, -0.1) is 11.6 Å². The molecule has 0 heterocycles. The number of rotatable bonds is 2. The Labute approximate surface area is 87.8 Å². The summed E-state index contributed by atoms with van der Waals surface area (Å²) in [6, 6.07) is 0. The van der Waals surface area contributed by atoms with Crippen molar-refractivity contribution in [2.45, 2.75) is 26.7 Å². The van der Waals surface area contributed by atoms with E-state index < -0.39 is 11.7 Å². The van der Waals surface area contributed by atoms with Crippen molar-refractivity contribution in [3.8, 4) is 0 Å². The van der Waals surface area contributed by atoms with E-state index in [-0.39, 0.29) is 35.7 Å². The van der Waals surface area contributed by atoms with Crippen molar-refractivity contribution in [1.82, 2.24) is 0 Å². The van der Waals surface area contributed by atoms with Gasteiger partial charge in [-0.2, -0.15) is 0 Å². The number of carbonyl (C=O) groups excluding carboxylic acids is 3. The fourth-order valence-electron chi connectivity index (χ4n) is 1.83. The molecule has 1 aliphatic rings. The molecule has 0 bridgehead atoms. The summed E-state index contributed by atoms with van der Waals surface area (Å²) < 4.78 is 0. The van der Waals surface area contributed by atoms with Crippen molar-refractivity contribution >= 4 is 29.0 Å². The van der Waals surface area contributed by atoms with Crippen LogP contribution >= 0.6 is 11.6 Å². The second-order valence-electron chi connectivity index (χ2n) is 4.48. The lowest BCUT2D eigenvalue weighted by atomic mass is 9.70. The Kier molecular flexibility index (Phi) is 3.10. The summed E-state index contributed by atoms with van der Waals surface area (Å²) in [7, 11) is 0. The van der Waals surface area contributed by atoms with Crippen LogP contribution in [0.25, 0.3) is 0 Å². The first-order chi connectivity index (χ1) is 6.37. The first kappa shape index (κ1) is 11.4. The summed E-state index contributed by atoms with van der Waals surface area (Å²) in [5, 5.41) is 0. The van der Waals surface area contributed by atoms with Gasteiger partial charge >= 0.3 is 0 Å². The molecule has 3 nitrogen and oxygen atoms in total. The quantitative estimate of drug-likeness (QED) is 0.518. The predicted molar refractivity (Wildman–Crippen MR) is 52.2 cm³/mol. The van der Waals surface area contributed by atoms with Gasteiger partial charge in [-0.1, -0.05) is 13.8 Å². The summed E-state index contributed by atoms with van der Waals surface area (Å²) in [4.78, 5) is 34.3. The highest BCUT2D eigenvalue weighted by atomic mass is 35.5. The molecule has 0 radical (unpaired) electrons. The van der Waals surface area contributed by atoms with Gasteiger partial charge in [-0.25, -0.2) is 0 Å². The van der Waals surface area contributed by atoms with Crippen molar-refractivity contribution in [3.63, 3.8) is 0 Å². The average molecular weight is 217 g/mol. The summed E-state index contributed by atoms with van der Waals surface area (Å²) in [5.41, 5.74) is -0.308. The third-order valence-corrected chi connectivity index (χ3v) is 2.67. The third kappa shape index (κ3) is 2.21. The van der Waals surface area contributed by atoms with E-state index in [4.69, 9.17) is 11.6 Å². The van der Waals surface area contributed by atoms with Crippen molar-refractivity contribution in [2.75, 3.05) is 5.88 Å². The first-order valence-electron chi connectivity index (χ1n) is 4.51. The highest BCUT2D eigenvalue weighted by Crippen LogP contribution is 2.34. The van der Waals surface area contributed by atoms with E-state index in [0.717, 1.165) is 0 Å². The maximum absolute atomic E-state index is 11.5. The molecule has 14 heavy (non-hydrogen) atoms. The SMILES string of the molecule is CC1(C)CC(=O)C(C(=O)CCl)C(=O)C1. The first-order valence-corrected chi connectivity index (χ1v) is 5.05. The molecule has 0 unspecified atom stereocenters. The van der Waals surface area contributed by atoms with Crippen LogP contribution in [0.4, 0.5) is 0 Å². The van der Waals surface area contributed by atoms with Crippen LogP contribution in [0.15, 0.2) is 0 Å². The van der Waals surface area contributed by atoms with E-state index >= 15 is 0 Å². The highest BCUT2D eigenvalue weighted by Gasteiger charge is 2.42. The van der Waals surface area contributed by atoms with Crippen LogP contribution < -0.4 is 0 Å². The zero-order chi connectivity index (χ0) is 10.9. The van der Waals surface area contributed by atoms with Crippen LogP contribution in [0, 0.1) is 11.3 Å². The molecule has 1 saturated carbocycles. The maximum Gasteiger partial charge on any atom is 0.165 e. The fraction of sp³-hybridized carbons (Fsp3) is 0.700. The minimum absolute atomic E-state index is 0.261. The molecule has 1 fully saturated rings. The number of ketones is 3. The number of Topliss-reactive ketones (excluding diaryl/α,β-unsaturated/α-hetero) is 3. The summed E-state index contributed by atoms with van der Waals surface area (Å²) in [6.07, 6.45) is 0.568. The molecule has 1 aliphatic carbocycles. The standard InChI is InChI=1S/C10H13ClO3/c1-10(2)3-6(12)9(7(13)4-10)8(14)5-11/h9H,3-5H2,1-2H3. The van der Waals surface area contributed by atoms with Gasteiger partial charge in [0.25, 0.3) is 0 Å². The molecule has 1 rings (SSSR count). The van der Waals surface area contributed by atoms with Crippen LogP contribution in [0.3, 0.4) is 0 Å². The van der Waals surface area contributed by atoms with Crippen molar-refractivity contribution in [2.24, 2.45) is 11.3 Å². The molecule has 0 spiro atoms. The number of carbonyl (C=O) groups is 3. The lowest BCUT2D eigenvalue weighted by Gasteiger charge is -2.30. The number of alkyl halides is 1. The molecule has 0 aliphatic heterocycles. The molecular weight excluding hydrogens is 204 g/mol. The molecular formula is C10H13ClO3. The Morgan fingerprint density at radius 3 is 2.14 bits per heavy atom. The molecule has 78 valence electrons. The Bertz CT molecular complexity index is 274. The number of halogens is 1. The van der Waals surface area contributed by atoms with Gasteiger partial charge in [0, 0.05) is 12.8 Å². The van der Waals surface area contributed by atoms with Gasteiger partial charge in [0.15, 0.2) is 17.3 Å². The maximum atomic E-state index is 11.5.